The molecule has 0 saturated carbocycles. The highest BCUT2D eigenvalue weighted by atomic mass is 19.1. The SMILES string of the molecule is C#CC(C)(O)c1c(F)cccc1OC. The first-order chi connectivity index (χ1) is 6.53. The van der Waals surface area contributed by atoms with Crippen LogP contribution in [0.1, 0.15) is 12.5 Å². The molecule has 0 heterocycles. The zero-order chi connectivity index (χ0) is 10.8. The van der Waals surface area contributed by atoms with Gasteiger partial charge in [-0.3, -0.25) is 0 Å². The van der Waals surface area contributed by atoms with Crippen LogP contribution in [0.4, 0.5) is 4.39 Å². The van der Waals surface area contributed by atoms with Crippen LogP contribution in [0.15, 0.2) is 18.2 Å². The van der Waals surface area contributed by atoms with Crippen molar-refractivity contribution in [2.24, 2.45) is 0 Å². The van der Waals surface area contributed by atoms with Gasteiger partial charge in [0.25, 0.3) is 0 Å². The summed E-state index contributed by atoms with van der Waals surface area (Å²) in [4.78, 5) is 0. The van der Waals surface area contributed by atoms with Gasteiger partial charge in [0.15, 0.2) is 5.60 Å². The molecule has 1 atom stereocenters. The van der Waals surface area contributed by atoms with E-state index in [0.29, 0.717) is 0 Å². The lowest BCUT2D eigenvalue weighted by atomic mass is 9.95. The van der Waals surface area contributed by atoms with E-state index in [4.69, 9.17) is 11.2 Å². The molecule has 0 radical (unpaired) electrons. The second kappa shape index (κ2) is 3.69. The molecule has 0 spiro atoms. The second-order valence-corrected chi connectivity index (χ2v) is 3.03. The minimum Gasteiger partial charge on any atom is -0.496 e. The topological polar surface area (TPSA) is 29.5 Å². The molecule has 74 valence electrons. The van der Waals surface area contributed by atoms with Gasteiger partial charge >= 0.3 is 0 Å². The molecule has 3 heteroatoms. The minimum absolute atomic E-state index is 0.00926. The van der Waals surface area contributed by atoms with Gasteiger partial charge in [0.2, 0.25) is 0 Å². The Morgan fingerprint density at radius 3 is 2.71 bits per heavy atom. The fraction of sp³-hybridized carbons (Fsp3) is 0.273. The Kier molecular flexibility index (Phi) is 2.78. The Morgan fingerprint density at radius 2 is 2.21 bits per heavy atom. The van der Waals surface area contributed by atoms with E-state index in [1.165, 1.54) is 26.2 Å². The Balaban J connectivity index is 3.40. The van der Waals surface area contributed by atoms with Gasteiger partial charge in [0, 0.05) is 0 Å². The third-order valence-corrected chi connectivity index (χ3v) is 1.96. The van der Waals surface area contributed by atoms with Crippen molar-refractivity contribution in [3.8, 4) is 18.1 Å². The maximum absolute atomic E-state index is 13.4. The predicted molar refractivity (Wildman–Crippen MR) is 51.4 cm³/mol. The van der Waals surface area contributed by atoms with Gasteiger partial charge in [-0.25, -0.2) is 4.39 Å². The lowest BCUT2D eigenvalue weighted by Gasteiger charge is -2.20. The molecule has 0 fully saturated rings. The highest BCUT2D eigenvalue weighted by Crippen LogP contribution is 2.31. The summed E-state index contributed by atoms with van der Waals surface area (Å²) in [5.41, 5.74) is -1.67. The summed E-state index contributed by atoms with van der Waals surface area (Å²) >= 11 is 0. The van der Waals surface area contributed by atoms with Gasteiger partial charge in [0.05, 0.1) is 12.7 Å². The first-order valence-corrected chi connectivity index (χ1v) is 4.06. The van der Waals surface area contributed by atoms with Crippen LogP contribution < -0.4 is 4.74 Å². The summed E-state index contributed by atoms with van der Waals surface area (Å²) in [6.45, 7) is 1.34. The van der Waals surface area contributed by atoms with Gasteiger partial charge in [-0.1, -0.05) is 12.0 Å². The number of ether oxygens (including phenoxy) is 1. The fourth-order valence-corrected chi connectivity index (χ4v) is 1.22. The van der Waals surface area contributed by atoms with E-state index in [2.05, 4.69) is 5.92 Å². The molecule has 1 rings (SSSR count). The van der Waals surface area contributed by atoms with Crippen molar-refractivity contribution in [3.05, 3.63) is 29.6 Å². The molecule has 14 heavy (non-hydrogen) atoms. The van der Waals surface area contributed by atoms with E-state index >= 15 is 0 Å². The molecule has 0 aromatic heterocycles. The normalized spacial score (nSPS) is 14.2. The van der Waals surface area contributed by atoms with Crippen molar-refractivity contribution in [1.82, 2.24) is 0 Å². The molecular weight excluding hydrogens is 183 g/mol. The number of rotatable bonds is 2. The molecular formula is C11H11FO2. The monoisotopic (exact) mass is 194 g/mol. The van der Waals surface area contributed by atoms with Gasteiger partial charge in [-0.2, -0.15) is 0 Å². The van der Waals surface area contributed by atoms with Crippen molar-refractivity contribution in [2.75, 3.05) is 7.11 Å². The molecule has 1 unspecified atom stereocenters. The van der Waals surface area contributed by atoms with Crippen LogP contribution in [-0.2, 0) is 5.60 Å². The average molecular weight is 194 g/mol. The van der Waals surface area contributed by atoms with Gasteiger partial charge < -0.3 is 9.84 Å². The van der Waals surface area contributed by atoms with E-state index in [1.54, 1.807) is 6.07 Å². The Bertz CT molecular complexity index is 377. The van der Waals surface area contributed by atoms with E-state index in [9.17, 15) is 9.50 Å². The van der Waals surface area contributed by atoms with Crippen molar-refractivity contribution in [3.63, 3.8) is 0 Å². The van der Waals surface area contributed by atoms with Crippen molar-refractivity contribution >= 4 is 0 Å². The molecule has 0 saturated heterocycles. The van der Waals surface area contributed by atoms with Crippen LogP contribution in [0.2, 0.25) is 0 Å². The van der Waals surface area contributed by atoms with E-state index < -0.39 is 11.4 Å². The Morgan fingerprint density at radius 1 is 1.57 bits per heavy atom. The highest BCUT2D eigenvalue weighted by Gasteiger charge is 2.27. The number of halogens is 1. The summed E-state index contributed by atoms with van der Waals surface area (Å²) in [5.74, 6) is 1.78. The van der Waals surface area contributed by atoms with Gasteiger partial charge in [0.1, 0.15) is 11.6 Å². The Hall–Kier alpha value is -1.53. The maximum Gasteiger partial charge on any atom is 0.154 e. The van der Waals surface area contributed by atoms with Crippen LogP contribution in [0.5, 0.6) is 5.75 Å². The lowest BCUT2D eigenvalue weighted by molar-refractivity contribution is 0.114. The minimum atomic E-state index is -1.66. The molecule has 1 aromatic carbocycles. The van der Waals surface area contributed by atoms with Crippen LogP contribution in [0.25, 0.3) is 0 Å². The van der Waals surface area contributed by atoms with Crippen LogP contribution >= 0.6 is 0 Å². The summed E-state index contributed by atoms with van der Waals surface area (Å²) in [6.07, 6.45) is 5.11. The molecule has 1 N–H and O–H groups in total. The summed E-state index contributed by atoms with van der Waals surface area (Å²) < 4.78 is 18.3. The number of hydrogen-bond donors (Lipinski definition) is 1. The molecule has 1 aromatic rings. The fourth-order valence-electron chi connectivity index (χ4n) is 1.22. The number of benzene rings is 1. The standard InChI is InChI=1S/C11H11FO2/c1-4-11(2,13)10-8(12)6-5-7-9(10)14-3/h1,5-7,13H,2-3H3. The van der Waals surface area contributed by atoms with Gasteiger partial charge in [-0.15, -0.1) is 6.42 Å². The van der Waals surface area contributed by atoms with E-state index in [-0.39, 0.29) is 11.3 Å². The number of hydrogen-bond acceptors (Lipinski definition) is 2. The molecule has 0 bridgehead atoms. The first kappa shape index (κ1) is 10.6. The zero-order valence-corrected chi connectivity index (χ0v) is 8.04. The summed E-state index contributed by atoms with van der Waals surface area (Å²) in [5, 5.41) is 9.73. The van der Waals surface area contributed by atoms with E-state index in [1.807, 2.05) is 0 Å². The van der Waals surface area contributed by atoms with Crippen LogP contribution in [0, 0.1) is 18.2 Å². The third kappa shape index (κ3) is 1.70. The maximum atomic E-state index is 13.4. The molecule has 0 aliphatic heterocycles. The number of aliphatic hydroxyl groups is 1. The highest BCUT2D eigenvalue weighted by molar-refractivity contribution is 5.42. The zero-order valence-electron chi connectivity index (χ0n) is 8.04. The molecule has 0 aliphatic rings. The predicted octanol–water partition coefficient (Wildman–Crippen LogP) is 1.68. The molecule has 2 nitrogen and oxygen atoms in total. The quantitative estimate of drug-likeness (QED) is 0.726. The molecule has 0 amide bonds. The average Bonchev–Trinajstić information content (AvgIpc) is 2.17. The van der Waals surface area contributed by atoms with Crippen molar-refractivity contribution < 1.29 is 14.2 Å². The Labute approximate surface area is 82.3 Å². The van der Waals surface area contributed by atoms with Gasteiger partial charge in [-0.05, 0) is 19.1 Å². The van der Waals surface area contributed by atoms with Crippen molar-refractivity contribution in [1.29, 1.82) is 0 Å². The van der Waals surface area contributed by atoms with Crippen LogP contribution in [-0.4, -0.2) is 12.2 Å². The molecule has 0 aliphatic carbocycles. The lowest BCUT2D eigenvalue weighted by Crippen LogP contribution is -2.21. The number of terminal acetylenes is 1. The third-order valence-electron chi connectivity index (χ3n) is 1.96. The summed E-state index contributed by atoms with van der Waals surface area (Å²) in [7, 11) is 1.39. The smallest absolute Gasteiger partial charge is 0.154 e. The largest absolute Gasteiger partial charge is 0.496 e. The second-order valence-electron chi connectivity index (χ2n) is 3.03. The first-order valence-electron chi connectivity index (χ1n) is 4.06. The van der Waals surface area contributed by atoms with E-state index in [0.717, 1.165) is 0 Å². The summed E-state index contributed by atoms with van der Waals surface area (Å²) in [6, 6.07) is 4.26. The van der Waals surface area contributed by atoms with Crippen LogP contribution in [0.3, 0.4) is 0 Å². The number of methoxy groups -OCH3 is 1. The van der Waals surface area contributed by atoms with Crippen molar-refractivity contribution in [2.45, 2.75) is 12.5 Å².